The number of halogens is 3. The average molecular weight is 331 g/mol. The molecule has 0 aliphatic heterocycles. The van der Waals surface area contributed by atoms with Gasteiger partial charge in [-0.1, -0.05) is 34.8 Å². The molecule has 0 unspecified atom stereocenters. The van der Waals surface area contributed by atoms with Crippen molar-refractivity contribution in [3.05, 3.63) is 56.8 Å². The van der Waals surface area contributed by atoms with E-state index in [-0.39, 0.29) is 12.4 Å². The Kier molecular flexibility index (Phi) is 4.70. The fraction of sp³-hybridized carbons (Fsp3) is 0.0769. The van der Waals surface area contributed by atoms with Crippen LogP contribution >= 0.6 is 34.8 Å². The number of nitrogen functional groups attached to an aromatic ring is 1. The van der Waals surface area contributed by atoms with Gasteiger partial charge in [-0.25, -0.2) is 0 Å². The lowest BCUT2D eigenvalue weighted by molar-refractivity contribution is 0.306. The Morgan fingerprint density at radius 1 is 1.15 bits per heavy atom. The molecule has 1 aromatic carbocycles. The van der Waals surface area contributed by atoms with Crippen LogP contribution in [0.4, 0.5) is 0 Å². The van der Waals surface area contributed by atoms with Crippen LogP contribution in [0.15, 0.2) is 30.5 Å². The molecule has 0 aliphatic rings. The van der Waals surface area contributed by atoms with Gasteiger partial charge in [-0.15, -0.1) is 0 Å². The molecule has 1 aromatic heterocycles. The van der Waals surface area contributed by atoms with Crippen molar-refractivity contribution in [3.63, 3.8) is 0 Å². The lowest BCUT2D eigenvalue weighted by Gasteiger charge is -2.10. The van der Waals surface area contributed by atoms with Crippen LogP contribution in [0, 0.1) is 5.41 Å². The van der Waals surface area contributed by atoms with Gasteiger partial charge in [0.1, 0.15) is 23.9 Å². The van der Waals surface area contributed by atoms with Crippen LogP contribution in [-0.4, -0.2) is 10.8 Å². The van der Waals surface area contributed by atoms with Crippen LogP contribution in [0.3, 0.4) is 0 Å². The number of pyridine rings is 1. The van der Waals surface area contributed by atoms with Gasteiger partial charge in [-0.3, -0.25) is 10.4 Å². The molecule has 0 spiro atoms. The molecule has 1 heterocycles. The van der Waals surface area contributed by atoms with E-state index in [1.165, 1.54) is 6.07 Å². The quantitative estimate of drug-likeness (QED) is 0.507. The van der Waals surface area contributed by atoms with Crippen LogP contribution in [0.25, 0.3) is 0 Å². The fourth-order valence-electron chi connectivity index (χ4n) is 1.49. The van der Waals surface area contributed by atoms with E-state index in [0.29, 0.717) is 26.5 Å². The topological polar surface area (TPSA) is 72.0 Å². The Bertz CT molecular complexity index is 661. The maximum atomic E-state index is 7.34. The molecule has 7 heteroatoms. The summed E-state index contributed by atoms with van der Waals surface area (Å²) in [5, 5.41) is 8.44. The first-order valence-corrected chi connectivity index (χ1v) is 6.67. The molecular weight excluding hydrogens is 321 g/mol. The molecule has 0 bridgehead atoms. The van der Waals surface area contributed by atoms with Gasteiger partial charge in [0.2, 0.25) is 0 Å². The normalized spacial score (nSPS) is 10.3. The molecule has 2 rings (SSSR count). The highest BCUT2D eigenvalue weighted by Gasteiger charge is 2.08. The van der Waals surface area contributed by atoms with Crippen molar-refractivity contribution in [2.45, 2.75) is 6.61 Å². The first-order valence-electron chi connectivity index (χ1n) is 5.54. The zero-order chi connectivity index (χ0) is 14.7. The molecule has 0 fully saturated rings. The summed E-state index contributed by atoms with van der Waals surface area (Å²) in [5.74, 6) is 0.335. The summed E-state index contributed by atoms with van der Waals surface area (Å²) >= 11 is 17.8. The maximum absolute atomic E-state index is 7.34. The highest BCUT2D eigenvalue weighted by atomic mass is 35.5. The van der Waals surface area contributed by atoms with Gasteiger partial charge in [0.25, 0.3) is 0 Å². The maximum Gasteiger partial charge on any atom is 0.141 e. The molecule has 0 atom stereocenters. The lowest BCUT2D eigenvalue weighted by atomic mass is 10.2. The largest absolute Gasteiger partial charge is 0.487 e. The molecule has 3 N–H and O–H groups in total. The zero-order valence-corrected chi connectivity index (χ0v) is 12.4. The zero-order valence-electron chi connectivity index (χ0n) is 10.2. The average Bonchev–Trinajstić information content (AvgIpc) is 2.41. The molecule has 104 valence electrons. The van der Waals surface area contributed by atoms with Crippen LogP contribution in [0.2, 0.25) is 15.1 Å². The molecule has 2 aromatic rings. The van der Waals surface area contributed by atoms with E-state index in [1.807, 2.05) is 0 Å². The predicted octanol–water partition coefficient (Wildman–Crippen LogP) is 3.90. The Morgan fingerprint density at radius 3 is 2.55 bits per heavy atom. The van der Waals surface area contributed by atoms with Crippen molar-refractivity contribution in [1.29, 1.82) is 5.41 Å². The van der Waals surface area contributed by atoms with Crippen molar-refractivity contribution < 1.29 is 4.74 Å². The second-order valence-electron chi connectivity index (χ2n) is 3.95. The number of amidine groups is 1. The molecule has 0 aliphatic carbocycles. The van der Waals surface area contributed by atoms with Gasteiger partial charge in [-0.05, 0) is 23.8 Å². The standard InChI is InChI=1S/C13H10Cl3N3O/c14-8-4-10(16)12(5-9(8)15)20-6-7-1-2-19-11(3-7)13(17)18/h1-5H,6H2,(H3,17,18). The van der Waals surface area contributed by atoms with Gasteiger partial charge in [-0.2, -0.15) is 0 Å². The highest BCUT2D eigenvalue weighted by molar-refractivity contribution is 6.43. The summed E-state index contributed by atoms with van der Waals surface area (Å²) in [6, 6.07) is 6.51. The Hall–Kier alpha value is -1.49. The van der Waals surface area contributed by atoms with Crippen LogP contribution in [0.5, 0.6) is 5.75 Å². The van der Waals surface area contributed by atoms with E-state index >= 15 is 0 Å². The Morgan fingerprint density at radius 2 is 1.85 bits per heavy atom. The molecule has 20 heavy (non-hydrogen) atoms. The van der Waals surface area contributed by atoms with E-state index in [4.69, 9.17) is 50.7 Å². The number of nitrogens with zero attached hydrogens (tertiary/aromatic N) is 1. The number of ether oxygens (including phenoxy) is 1. The predicted molar refractivity (Wildman–Crippen MR) is 81.1 cm³/mol. The minimum Gasteiger partial charge on any atom is -0.487 e. The molecule has 0 amide bonds. The summed E-state index contributed by atoms with van der Waals surface area (Å²) in [6.07, 6.45) is 1.56. The van der Waals surface area contributed by atoms with Crippen molar-refractivity contribution in [1.82, 2.24) is 4.98 Å². The van der Waals surface area contributed by atoms with E-state index < -0.39 is 0 Å². The summed E-state index contributed by atoms with van der Waals surface area (Å²) in [6.45, 7) is 0.250. The highest BCUT2D eigenvalue weighted by Crippen LogP contribution is 2.34. The van der Waals surface area contributed by atoms with Gasteiger partial charge < -0.3 is 10.5 Å². The monoisotopic (exact) mass is 329 g/mol. The number of hydrogen-bond donors (Lipinski definition) is 2. The fourth-order valence-corrected chi connectivity index (χ4v) is 2.08. The lowest BCUT2D eigenvalue weighted by Crippen LogP contribution is -2.13. The first-order chi connectivity index (χ1) is 9.47. The van der Waals surface area contributed by atoms with Crippen LogP contribution in [-0.2, 0) is 6.61 Å². The molecular formula is C13H10Cl3N3O. The summed E-state index contributed by atoms with van der Waals surface area (Å²) in [5.41, 5.74) is 6.58. The second-order valence-corrected chi connectivity index (χ2v) is 5.17. The van der Waals surface area contributed by atoms with Gasteiger partial charge in [0.15, 0.2) is 0 Å². The number of aromatic nitrogens is 1. The SMILES string of the molecule is N=C(N)c1cc(COc2cc(Cl)c(Cl)cc2Cl)ccn1. The minimum atomic E-state index is -0.0978. The van der Waals surface area contributed by atoms with Crippen molar-refractivity contribution in [2.75, 3.05) is 0 Å². The number of nitrogens with two attached hydrogens (primary N) is 1. The second kappa shape index (κ2) is 6.31. The van der Waals surface area contributed by atoms with Gasteiger partial charge >= 0.3 is 0 Å². The Labute approximate surface area is 130 Å². The van der Waals surface area contributed by atoms with Crippen molar-refractivity contribution >= 4 is 40.6 Å². The smallest absolute Gasteiger partial charge is 0.141 e. The molecule has 0 radical (unpaired) electrons. The van der Waals surface area contributed by atoms with E-state index in [9.17, 15) is 0 Å². The molecule has 0 saturated heterocycles. The third-order valence-electron chi connectivity index (χ3n) is 2.47. The summed E-state index contributed by atoms with van der Waals surface area (Å²) in [4.78, 5) is 3.97. The number of benzene rings is 1. The summed E-state index contributed by atoms with van der Waals surface area (Å²) in [7, 11) is 0. The van der Waals surface area contributed by atoms with Crippen molar-refractivity contribution in [3.8, 4) is 5.75 Å². The van der Waals surface area contributed by atoms with Crippen molar-refractivity contribution in [2.24, 2.45) is 5.73 Å². The molecule has 4 nitrogen and oxygen atoms in total. The van der Waals surface area contributed by atoms with Gasteiger partial charge in [0.05, 0.1) is 15.1 Å². The minimum absolute atomic E-state index is 0.0978. The van der Waals surface area contributed by atoms with E-state index in [2.05, 4.69) is 4.98 Å². The van der Waals surface area contributed by atoms with E-state index in [0.717, 1.165) is 5.56 Å². The van der Waals surface area contributed by atoms with Gasteiger partial charge in [0, 0.05) is 12.3 Å². The van der Waals surface area contributed by atoms with E-state index in [1.54, 1.807) is 24.4 Å². The Balaban J connectivity index is 2.15. The number of hydrogen-bond acceptors (Lipinski definition) is 3. The van der Waals surface area contributed by atoms with Crippen LogP contribution < -0.4 is 10.5 Å². The third-order valence-corrected chi connectivity index (χ3v) is 3.49. The third kappa shape index (κ3) is 3.54. The van der Waals surface area contributed by atoms with Crippen LogP contribution in [0.1, 0.15) is 11.3 Å². The number of rotatable bonds is 4. The molecule has 0 saturated carbocycles. The number of nitrogens with one attached hydrogen (secondary N) is 1. The summed E-state index contributed by atoms with van der Waals surface area (Å²) < 4.78 is 5.58. The first kappa shape index (κ1) is 14.9.